The van der Waals surface area contributed by atoms with Crippen LogP contribution in [-0.2, 0) is 0 Å². The number of benzene rings is 1. The molecule has 0 spiro atoms. The number of anilines is 1. The van der Waals surface area contributed by atoms with Crippen molar-refractivity contribution in [2.45, 2.75) is 18.8 Å². The molecule has 3 aromatic rings. The highest BCUT2D eigenvalue weighted by molar-refractivity contribution is 5.94. The average Bonchev–Trinajstić information content (AvgIpc) is 3.27. The van der Waals surface area contributed by atoms with Crippen molar-refractivity contribution in [1.29, 1.82) is 0 Å². The van der Waals surface area contributed by atoms with E-state index in [1.165, 1.54) is 4.68 Å². The lowest BCUT2D eigenvalue weighted by molar-refractivity contribution is 0.855. The standard InChI is InChI=1S/C15H15N5/c16-14-13(19-15(20(14)17)10-6-7-10)11-5-1-3-9-4-2-8-18-12(9)11/h1-5,8,10H,6-7,16-17H2. The van der Waals surface area contributed by atoms with Gasteiger partial charge in [-0.05, 0) is 18.9 Å². The maximum Gasteiger partial charge on any atom is 0.150 e. The second-order valence-corrected chi connectivity index (χ2v) is 5.23. The largest absolute Gasteiger partial charge is 0.382 e. The Hall–Kier alpha value is -2.56. The first-order chi connectivity index (χ1) is 9.75. The number of hydrogen-bond acceptors (Lipinski definition) is 4. The van der Waals surface area contributed by atoms with E-state index < -0.39 is 0 Å². The van der Waals surface area contributed by atoms with Gasteiger partial charge in [-0.25, -0.2) is 9.66 Å². The number of nitrogens with two attached hydrogens (primary N) is 2. The second kappa shape index (κ2) is 3.96. The molecule has 1 aromatic carbocycles. The van der Waals surface area contributed by atoms with Gasteiger partial charge in [0.2, 0.25) is 0 Å². The van der Waals surface area contributed by atoms with E-state index >= 15 is 0 Å². The summed E-state index contributed by atoms with van der Waals surface area (Å²) in [5, 5.41) is 1.07. The van der Waals surface area contributed by atoms with Crippen LogP contribution in [-0.4, -0.2) is 14.6 Å². The van der Waals surface area contributed by atoms with Crippen molar-refractivity contribution in [3.63, 3.8) is 0 Å². The fraction of sp³-hybridized carbons (Fsp3) is 0.200. The molecule has 2 heterocycles. The molecule has 4 rings (SSSR count). The molecule has 5 heteroatoms. The summed E-state index contributed by atoms with van der Waals surface area (Å²) in [5.41, 5.74) is 8.72. The monoisotopic (exact) mass is 265 g/mol. The lowest BCUT2D eigenvalue weighted by Crippen LogP contribution is -2.14. The van der Waals surface area contributed by atoms with Crippen LogP contribution in [0.4, 0.5) is 5.82 Å². The molecule has 0 aliphatic heterocycles. The van der Waals surface area contributed by atoms with Gasteiger partial charge in [0.1, 0.15) is 11.5 Å². The highest BCUT2D eigenvalue weighted by Gasteiger charge is 2.30. The van der Waals surface area contributed by atoms with E-state index in [1.54, 1.807) is 6.20 Å². The van der Waals surface area contributed by atoms with Crippen molar-refractivity contribution in [3.05, 3.63) is 42.4 Å². The number of nitrogens with zero attached hydrogens (tertiary/aromatic N) is 3. The van der Waals surface area contributed by atoms with Crippen molar-refractivity contribution < 1.29 is 0 Å². The third kappa shape index (κ3) is 1.56. The Morgan fingerprint density at radius 2 is 1.95 bits per heavy atom. The zero-order valence-electron chi connectivity index (χ0n) is 11.0. The van der Waals surface area contributed by atoms with E-state index in [0.717, 1.165) is 40.8 Å². The van der Waals surface area contributed by atoms with Crippen LogP contribution in [0.5, 0.6) is 0 Å². The number of aromatic nitrogens is 3. The molecule has 2 aromatic heterocycles. The predicted octanol–water partition coefficient (Wildman–Crippen LogP) is 2.27. The van der Waals surface area contributed by atoms with Crippen LogP contribution in [0.25, 0.3) is 22.2 Å². The highest BCUT2D eigenvalue weighted by atomic mass is 15.4. The van der Waals surface area contributed by atoms with E-state index in [4.69, 9.17) is 11.6 Å². The van der Waals surface area contributed by atoms with Gasteiger partial charge >= 0.3 is 0 Å². The lowest BCUT2D eigenvalue weighted by Gasteiger charge is -2.04. The normalized spacial score (nSPS) is 14.8. The number of fused-ring (bicyclic) bond motifs is 1. The van der Waals surface area contributed by atoms with E-state index in [9.17, 15) is 0 Å². The first-order valence-electron chi connectivity index (χ1n) is 6.73. The van der Waals surface area contributed by atoms with Crippen LogP contribution in [0.1, 0.15) is 24.6 Å². The Bertz CT molecular complexity index is 796. The molecular formula is C15H15N5. The molecule has 4 N–H and O–H groups in total. The third-order valence-electron chi connectivity index (χ3n) is 3.81. The molecule has 20 heavy (non-hydrogen) atoms. The van der Waals surface area contributed by atoms with Crippen molar-refractivity contribution in [2.75, 3.05) is 11.6 Å². The molecule has 0 saturated heterocycles. The quantitative estimate of drug-likeness (QED) is 0.696. The first-order valence-corrected chi connectivity index (χ1v) is 6.73. The zero-order valence-corrected chi connectivity index (χ0v) is 11.0. The first kappa shape index (κ1) is 11.3. The summed E-state index contributed by atoms with van der Waals surface area (Å²) in [5.74, 6) is 7.88. The van der Waals surface area contributed by atoms with Gasteiger partial charge < -0.3 is 11.6 Å². The van der Waals surface area contributed by atoms with Gasteiger partial charge in [0.15, 0.2) is 5.82 Å². The van der Waals surface area contributed by atoms with E-state index in [-0.39, 0.29) is 0 Å². The fourth-order valence-electron chi connectivity index (χ4n) is 2.59. The molecule has 0 bridgehead atoms. The minimum absolute atomic E-state index is 0.457. The number of pyridine rings is 1. The summed E-state index contributed by atoms with van der Waals surface area (Å²) < 4.78 is 1.52. The molecule has 0 radical (unpaired) electrons. The number of imidazole rings is 1. The number of nitrogen functional groups attached to an aromatic ring is 2. The van der Waals surface area contributed by atoms with E-state index in [0.29, 0.717) is 11.7 Å². The van der Waals surface area contributed by atoms with Gasteiger partial charge in [0.05, 0.1) is 5.52 Å². The Morgan fingerprint density at radius 3 is 2.75 bits per heavy atom. The Kier molecular flexibility index (Phi) is 2.24. The number of para-hydroxylation sites is 1. The third-order valence-corrected chi connectivity index (χ3v) is 3.81. The Morgan fingerprint density at radius 1 is 1.15 bits per heavy atom. The van der Waals surface area contributed by atoms with Crippen LogP contribution >= 0.6 is 0 Å². The Balaban J connectivity index is 1.97. The molecule has 1 aliphatic carbocycles. The summed E-state index contributed by atoms with van der Waals surface area (Å²) in [4.78, 5) is 9.12. The van der Waals surface area contributed by atoms with Crippen LogP contribution in [0.3, 0.4) is 0 Å². The van der Waals surface area contributed by atoms with Crippen molar-refractivity contribution in [2.24, 2.45) is 0 Å². The molecule has 0 amide bonds. The summed E-state index contributed by atoms with van der Waals surface area (Å²) in [7, 11) is 0. The molecule has 0 unspecified atom stereocenters. The second-order valence-electron chi connectivity index (χ2n) is 5.23. The molecule has 1 aliphatic rings. The van der Waals surface area contributed by atoms with Crippen molar-refractivity contribution in [1.82, 2.24) is 14.6 Å². The molecule has 100 valence electrons. The number of hydrogen-bond donors (Lipinski definition) is 2. The molecule has 1 fully saturated rings. The van der Waals surface area contributed by atoms with Gasteiger partial charge in [-0.2, -0.15) is 0 Å². The zero-order chi connectivity index (χ0) is 13.7. The lowest BCUT2D eigenvalue weighted by atomic mass is 10.1. The topological polar surface area (TPSA) is 82.8 Å². The van der Waals surface area contributed by atoms with E-state index in [2.05, 4.69) is 9.97 Å². The molecule has 0 atom stereocenters. The van der Waals surface area contributed by atoms with Crippen LogP contribution < -0.4 is 11.6 Å². The van der Waals surface area contributed by atoms with Gasteiger partial charge in [0.25, 0.3) is 0 Å². The van der Waals surface area contributed by atoms with Crippen LogP contribution in [0.15, 0.2) is 36.5 Å². The minimum Gasteiger partial charge on any atom is -0.382 e. The predicted molar refractivity (Wildman–Crippen MR) is 79.5 cm³/mol. The summed E-state index contributed by atoms with van der Waals surface area (Å²) in [6.45, 7) is 0. The van der Waals surface area contributed by atoms with Crippen LogP contribution in [0, 0.1) is 0 Å². The molecular weight excluding hydrogens is 250 g/mol. The summed E-state index contributed by atoms with van der Waals surface area (Å²) in [6.07, 6.45) is 4.06. The maximum atomic E-state index is 6.14. The van der Waals surface area contributed by atoms with Gasteiger partial charge in [-0.3, -0.25) is 4.98 Å². The SMILES string of the molecule is Nc1c(-c2cccc3cccnc23)nc(C2CC2)n1N. The van der Waals surface area contributed by atoms with E-state index in [1.807, 2.05) is 30.3 Å². The summed E-state index contributed by atoms with van der Waals surface area (Å²) >= 11 is 0. The van der Waals surface area contributed by atoms with Gasteiger partial charge in [0, 0.05) is 23.1 Å². The molecule has 5 nitrogen and oxygen atoms in total. The smallest absolute Gasteiger partial charge is 0.150 e. The average molecular weight is 265 g/mol. The molecule has 1 saturated carbocycles. The maximum absolute atomic E-state index is 6.14. The van der Waals surface area contributed by atoms with Crippen molar-refractivity contribution in [3.8, 4) is 11.3 Å². The highest BCUT2D eigenvalue weighted by Crippen LogP contribution is 2.41. The number of rotatable bonds is 2. The van der Waals surface area contributed by atoms with Crippen molar-refractivity contribution >= 4 is 16.7 Å². The minimum atomic E-state index is 0.457. The summed E-state index contributed by atoms with van der Waals surface area (Å²) in [6, 6.07) is 9.97. The fourth-order valence-corrected chi connectivity index (χ4v) is 2.59. The van der Waals surface area contributed by atoms with Crippen LogP contribution in [0.2, 0.25) is 0 Å². The van der Waals surface area contributed by atoms with Gasteiger partial charge in [-0.15, -0.1) is 0 Å². The van der Waals surface area contributed by atoms with Gasteiger partial charge in [-0.1, -0.05) is 24.3 Å². The Labute approximate surface area is 116 Å².